The number of aromatic amines is 1. The molecule has 0 radical (unpaired) electrons. The molecule has 3 aliphatic rings. The van der Waals surface area contributed by atoms with Gasteiger partial charge in [-0.2, -0.15) is 5.21 Å². The van der Waals surface area contributed by atoms with E-state index in [0.717, 1.165) is 44.1 Å². The lowest BCUT2D eigenvalue weighted by Crippen LogP contribution is -2.56. The average molecular weight is 747 g/mol. The summed E-state index contributed by atoms with van der Waals surface area (Å²) in [5.41, 5.74) is 1.38. The topological polar surface area (TPSA) is 205 Å². The summed E-state index contributed by atoms with van der Waals surface area (Å²) in [5.74, 6) is -0.713. The lowest BCUT2D eigenvalue weighted by Gasteiger charge is -2.36. The summed E-state index contributed by atoms with van der Waals surface area (Å²) in [6, 6.07) is 5.66. The Morgan fingerprint density at radius 2 is 1.76 bits per heavy atom. The fourth-order valence-corrected chi connectivity index (χ4v) is 6.92. The molecule has 4 heterocycles. The van der Waals surface area contributed by atoms with E-state index in [4.69, 9.17) is 9.47 Å². The number of aryl methyl sites for hydroxylation is 2. The zero-order valence-corrected chi connectivity index (χ0v) is 31.2. The van der Waals surface area contributed by atoms with Gasteiger partial charge < -0.3 is 34.8 Å². The molecule has 1 aromatic carbocycles. The van der Waals surface area contributed by atoms with E-state index in [1.807, 2.05) is 32.0 Å². The van der Waals surface area contributed by atoms with Crippen molar-refractivity contribution in [3.05, 3.63) is 41.3 Å². The van der Waals surface area contributed by atoms with E-state index in [2.05, 4.69) is 36.2 Å². The number of ether oxygens (including phenoxy) is 2. The van der Waals surface area contributed by atoms with Crippen LogP contribution in [0, 0.1) is 6.92 Å². The summed E-state index contributed by atoms with van der Waals surface area (Å²) in [7, 11) is 0. The number of hydrogen-bond acceptors (Lipinski definition) is 11. The summed E-state index contributed by atoms with van der Waals surface area (Å²) >= 11 is 0. The van der Waals surface area contributed by atoms with E-state index in [1.165, 1.54) is 6.07 Å². The maximum Gasteiger partial charge on any atom is 0.409 e. The smallest absolute Gasteiger partial charge is 0.409 e. The summed E-state index contributed by atoms with van der Waals surface area (Å²) in [4.78, 5) is 76.6. The fraction of sp³-hybridized carbons (Fsp3) is 0.595. The Bertz CT molecular complexity index is 1810. The molecule has 3 atom stereocenters. The van der Waals surface area contributed by atoms with Gasteiger partial charge in [-0.3, -0.25) is 19.2 Å². The number of nitrogens with zero attached hydrogens (tertiary/aromatic N) is 7. The number of hydrogen-bond donors (Lipinski definition) is 3. The summed E-state index contributed by atoms with van der Waals surface area (Å²) in [6.07, 6.45) is 5.07. The molecule has 6 rings (SSSR count). The standard InChI is InChI=1S/C37H50N10O7/c1-4-5-20-53-37(52)46-18-16-45(17-19-46)36(51)27(13-14-32-41-43-44-42-32)40-33(48)29-22-31(26-12-11-23(2)21-28(26)39-29)54-24(3)35(50)47-15-7-10-30(47)34(49)38-25-8-6-9-25/h11-12,21-22,24-25,27,30H,4-10,13-20H2,1-3H3,(H,38,49)(H,40,48)(H,41,42,43,44)/t24-,27-,30-/m0/s1. The van der Waals surface area contributed by atoms with Crippen molar-refractivity contribution in [2.75, 3.05) is 39.3 Å². The minimum Gasteiger partial charge on any atom is -0.480 e. The lowest BCUT2D eigenvalue weighted by molar-refractivity contribution is -0.143. The average Bonchev–Trinajstić information content (AvgIpc) is 3.87. The fourth-order valence-electron chi connectivity index (χ4n) is 6.92. The number of aromatic nitrogens is 5. The van der Waals surface area contributed by atoms with Crippen molar-refractivity contribution < 1.29 is 33.4 Å². The second kappa shape index (κ2) is 17.6. The number of H-pyrrole nitrogens is 1. The number of nitrogens with one attached hydrogen (secondary N) is 3. The molecule has 290 valence electrons. The van der Waals surface area contributed by atoms with Gasteiger partial charge in [-0.25, -0.2) is 9.78 Å². The predicted molar refractivity (Wildman–Crippen MR) is 195 cm³/mol. The molecule has 3 N–H and O–H groups in total. The van der Waals surface area contributed by atoms with Crippen LogP contribution in [-0.4, -0.2) is 134 Å². The van der Waals surface area contributed by atoms with Gasteiger partial charge >= 0.3 is 6.09 Å². The predicted octanol–water partition coefficient (Wildman–Crippen LogP) is 2.30. The van der Waals surface area contributed by atoms with Crippen molar-refractivity contribution >= 4 is 40.6 Å². The molecule has 0 unspecified atom stereocenters. The zero-order chi connectivity index (χ0) is 38.2. The SMILES string of the molecule is CCCCOC(=O)N1CCN(C(=O)[C@H](CCc2nn[nH]n2)NC(=O)c2cc(O[C@@H](C)C(=O)N3CCC[C@H]3C(=O)NC3CCC3)c3ccc(C)cc3n2)CC1. The molecule has 1 aliphatic carbocycles. The van der Waals surface area contributed by atoms with Crippen molar-refractivity contribution in [1.29, 1.82) is 0 Å². The van der Waals surface area contributed by atoms with Crippen LogP contribution in [0.3, 0.4) is 0 Å². The van der Waals surface area contributed by atoms with E-state index in [0.29, 0.717) is 49.4 Å². The van der Waals surface area contributed by atoms with Gasteiger partial charge in [-0.1, -0.05) is 24.6 Å². The number of fused-ring (bicyclic) bond motifs is 1. The minimum atomic E-state index is -0.975. The van der Waals surface area contributed by atoms with Gasteiger partial charge in [0.25, 0.3) is 11.8 Å². The van der Waals surface area contributed by atoms with Crippen molar-refractivity contribution in [2.24, 2.45) is 0 Å². The second-order valence-electron chi connectivity index (χ2n) is 14.3. The molecule has 17 nitrogen and oxygen atoms in total. The van der Waals surface area contributed by atoms with Crippen LogP contribution < -0.4 is 15.4 Å². The monoisotopic (exact) mass is 746 g/mol. The number of carbonyl (C=O) groups is 5. The quantitative estimate of drug-likeness (QED) is 0.204. The maximum absolute atomic E-state index is 14.0. The van der Waals surface area contributed by atoms with Crippen LogP contribution in [0.2, 0.25) is 0 Å². The second-order valence-corrected chi connectivity index (χ2v) is 14.3. The third-order valence-electron chi connectivity index (χ3n) is 10.3. The van der Waals surface area contributed by atoms with Gasteiger partial charge in [0.2, 0.25) is 11.8 Å². The van der Waals surface area contributed by atoms with Crippen LogP contribution in [0.15, 0.2) is 24.3 Å². The first kappa shape index (κ1) is 38.4. The highest BCUT2D eigenvalue weighted by molar-refractivity contribution is 5.99. The van der Waals surface area contributed by atoms with Crippen LogP contribution in [0.5, 0.6) is 5.75 Å². The highest BCUT2D eigenvalue weighted by Gasteiger charge is 2.38. The molecule has 2 aromatic heterocycles. The Balaban J connectivity index is 1.17. The molecule has 54 heavy (non-hydrogen) atoms. The number of piperazine rings is 1. The van der Waals surface area contributed by atoms with Gasteiger partial charge in [0.05, 0.1) is 12.1 Å². The Labute approximate surface area is 313 Å². The first-order chi connectivity index (χ1) is 26.1. The van der Waals surface area contributed by atoms with Gasteiger partial charge in [-0.15, -0.1) is 10.2 Å². The van der Waals surface area contributed by atoms with Crippen molar-refractivity contribution in [3.63, 3.8) is 0 Å². The van der Waals surface area contributed by atoms with Crippen LogP contribution in [0.4, 0.5) is 4.79 Å². The van der Waals surface area contributed by atoms with Crippen LogP contribution >= 0.6 is 0 Å². The zero-order valence-electron chi connectivity index (χ0n) is 31.2. The van der Waals surface area contributed by atoms with Gasteiger partial charge in [-0.05, 0) is 76.5 Å². The van der Waals surface area contributed by atoms with E-state index in [9.17, 15) is 24.0 Å². The Hall–Kier alpha value is -5.35. The summed E-state index contributed by atoms with van der Waals surface area (Å²) in [6.45, 7) is 7.51. The molecule has 2 aliphatic heterocycles. The molecule has 2 saturated heterocycles. The van der Waals surface area contributed by atoms with Crippen LogP contribution in [0.25, 0.3) is 10.9 Å². The molecule has 0 spiro atoms. The third-order valence-corrected chi connectivity index (χ3v) is 10.3. The minimum absolute atomic E-state index is 0.00122. The van der Waals surface area contributed by atoms with Gasteiger partial charge in [0.15, 0.2) is 11.9 Å². The number of likely N-dealkylation sites (tertiary alicyclic amines) is 1. The molecular formula is C37H50N10O7. The summed E-state index contributed by atoms with van der Waals surface area (Å²) < 4.78 is 11.6. The van der Waals surface area contributed by atoms with Crippen molar-refractivity contribution in [1.82, 2.24) is 50.9 Å². The lowest BCUT2D eigenvalue weighted by atomic mass is 9.93. The van der Waals surface area contributed by atoms with Gasteiger partial charge in [0, 0.05) is 56.6 Å². The molecule has 5 amide bonds. The van der Waals surface area contributed by atoms with Crippen molar-refractivity contribution in [2.45, 2.75) is 103 Å². The Morgan fingerprint density at radius 1 is 0.981 bits per heavy atom. The number of pyridine rings is 1. The third kappa shape index (κ3) is 9.23. The van der Waals surface area contributed by atoms with Crippen molar-refractivity contribution in [3.8, 4) is 5.75 Å². The first-order valence-electron chi connectivity index (χ1n) is 19.0. The number of unbranched alkanes of at least 4 members (excludes halogenated alkanes) is 1. The Morgan fingerprint density at radius 3 is 2.46 bits per heavy atom. The van der Waals surface area contributed by atoms with E-state index < -0.39 is 30.2 Å². The maximum atomic E-state index is 14.0. The molecule has 17 heteroatoms. The van der Waals surface area contributed by atoms with Crippen LogP contribution in [0.1, 0.15) is 87.1 Å². The Kier molecular flexibility index (Phi) is 12.5. The molecular weight excluding hydrogens is 696 g/mol. The van der Waals surface area contributed by atoms with Gasteiger partial charge in [0.1, 0.15) is 23.5 Å². The molecule has 0 bridgehead atoms. The van der Waals surface area contributed by atoms with E-state index in [-0.39, 0.29) is 61.1 Å². The number of carbonyl (C=O) groups excluding carboxylic acids is 5. The normalized spacial score (nSPS) is 18.5. The molecule has 3 fully saturated rings. The number of benzene rings is 1. The van der Waals surface area contributed by atoms with Crippen LogP contribution in [-0.2, 0) is 25.5 Å². The number of amides is 5. The number of tetrazole rings is 1. The van der Waals surface area contributed by atoms with E-state index >= 15 is 0 Å². The summed E-state index contributed by atoms with van der Waals surface area (Å²) in [5, 5.41) is 20.5. The van der Waals surface area contributed by atoms with E-state index in [1.54, 1.807) is 21.6 Å². The highest BCUT2D eigenvalue weighted by Crippen LogP contribution is 2.29. The first-order valence-corrected chi connectivity index (χ1v) is 19.0. The highest BCUT2D eigenvalue weighted by atomic mass is 16.6. The number of rotatable bonds is 14. The molecule has 3 aromatic rings. The largest absolute Gasteiger partial charge is 0.480 e. The molecule has 1 saturated carbocycles.